The fourth-order valence-corrected chi connectivity index (χ4v) is 3.36. The van der Waals surface area contributed by atoms with E-state index in [-0.39, 0.29) is 28.1 Å². The summed E-state index contributed by atoms with van der Waals surface area (Å²) in [4.78, 5) is 14.1. The Morgan fingerprint density at radius 3 is 2.95 bits per heavy atom. The summed E-state index contributed by atoms with van der Waals surface area (Å²) < 4.78 is 13.7. The molecule has 1 amide bonds. The molecule has 3 nitrogen and oxygen atoms in total. The van der Waals surface area contributed by atoms with Crippen LogP contribution in [0.4, 0.5) is 4.39 Å². The van der Waals surface area contributed by atoms with Gasteiger partial charge in [0.15, 0.2) is 0 Å². The highest BCUT2D eigenvalue weighted by Crippen LogP contribution is 2.36. The molecule has 0 spiro atoms. The topological polar surface area (TPSA) is 32.3 Å². The molecule has 1 N–H and O–H groups in total. The van der Waals surface area contributed by atoms with Gasteiger partial charge in [-0.15, -0.1) is 0 Å². The van der Waals surface area contributed by atoms with Gasteiger partial charge in [-0.05, 0) is 56.8 Å². The van der Waals surface area contributed by atoms with E-state index in [1.165, 1.54) is 17.8 Å². The SMILES string of the molecule is CS[C@H](C)C(=O)NC[C@H]1CCN(C)[C@H]1c1ccc(Cl)c(F)c1. The molecule has 0 radical (unpaired) electrons. The maximum atomic E-state index is 13.7. The zero-order chi connectivity index (χ0) is 16.3. The summed E-state index contributed by atoms with van der Waals surface area (Å²) in [7, 11) is 2.03. The van der Waals surface area contributed by atoms with Gasteiger partial charge in [-0.2, -0.15) is 11.8 Å². The van der Waals surface area contributed by atoms with Crippen LogP contribution in [-0.2, 0) is 4.79 Å². The quantitative estimate of drug-likeness (QED) is 0.889. The molecule has 1 fully saturated rings. The summed E-state index contributed by atoms with van der Waals surface area (Å²) in [5.41, 5.74) is 0.916. The molecule has 22 heavy (non-hydrogen) atoms. The Balaban J connectivity index is 2.07. The van der Waals surface area contributed by atoms with Gasteiger partial charge in [-0.25, -0.2) is 4.39 Å². The highest BCUT2D eigenvalue weighted by atomic mass is 35.5. The van der Waals surface area contributed by atoms with Gasteiger partial charge in [-0.1, -0.05) is 17.7 Å². The fourth-order valence-electron chi connectivity index (χ4n) is 2.95. The third-order valence-corrected chi connectivity index (χ3v) is 5.55. The molecule has 1 aromatic carbocycles. The van der Waals surface area contributed by atoms with Crippen LogP contribution < -0.4 is 5.32 Å². The molecule has 122 valence electrons. The van der Waals surface area contributed by atoms with Crippen LogP contribution in [0.15, 0.2) is 18.2 Å². The summed E-state index contributed by atoms with van der Waals surface area (Å²) in [5.74, 6) is -0.0510. The molecule has 0 aromatic heterocycles. The van der Waals surface area contributed by atoms with E-state index in [4.69, 9.17) is 11.6 Å². The molecule has 3 atom stereocenters. The van der Waals surface area contributed by atoms with Crippen LogP contribution in [-0.4, -0.2) is 42.4 Å². The van der Waals surface area contributed by atoms with Gasteiger partial charge >= 0.3 is 0 Å². The maximum absolute atomic E-state index is 13.7. The smallest absolute Gasteiger partial charge is 0.232 e. The fraction of sp³-hybridized carbons (Fsp3) is 0.562. The zero-order valence-corrected chi connectivity index (χ0v) is 14.7. The van der Waals surface area contributed by atoms with Gasteiger partial charge in [0.05, 0.1) is 10.3 Å². The van der Waals surface area contributed by atoms with Crippen LogP contribution in [0.2, 0.25) is 5.02 Å². The highest BCUT2D eigenvalue weighted by molar-refractivity contribution is 7.99. The zero-order valence-electron chi connectivity index (χ0n) is 13.1. The number of carbonyl (C=O) groups excluding carboxylic acids is 1. The lowest BCUT2D eigenvalue weighted by atomic mass is 9.93. The van der Waals surface area contributed by atoms with E-state index < -0.39 is 5.82 Å². The van der Waals surface area contributed by atoms with Crippen molar-refractivity contribution in [1.29, 1.82) is 0 Å². The largest absolute Gasteiger partial charge is 0.355 e. The molecule has 2 rings (SSSR count). The number of likely N-dealkylation sites (tertiary alicyclic amines) is 1. The molecular weight excluding hydrogens is 323 g/mol. The minimum atomic E-state index is -0.391. The maximum Gasteiger partial charge on any atom is 0.232 e. The molecule has 1 aliphatic rings. The predicted molar refractivity (Wildman–Crippen MR) is 90.9 cm³/mol. The number of rotatable bonds is 5. The normalized spacial score (nSPS) is 23.5. The number of amides is 1. The van der Waals surface area contributed by atoms with Crippen LogP contribution in [0.5, 0.6) is 0 Å². The molecule has 1 heterocycles. The summed E-state index contributed by atoms with van der Waals surface area (Å²) in [5, 5.41) is 3.11. The molecule has 1 aromatic rings. The minimum absolute atomic E-state index is 0.0504. The van der Waals surface area contributed by atoms with Gasteiger partial charge in [0, 0.05) is 12.6 Å². The van der Waals surface area contributed by atoms with Crippen molar-refractivity contribution >= 4 is 29.3 Å². The number of hydrogen-bond donors (Lipinski definition) is 1. The lowest BCUT2D eigenvalue weighted by Gasteiger charge is -2.26. The van der Waals surface area contributed by atoms with Gasteiger partial charge in [0.2, 0.25) is 5.91 Å². The lowest BCUT2D eigenvalue weighted by molar-refractivity contribution is -0.120. The van der Waals surface area contributed by atoms with Crippen molar-refractivity contribution in [2.75, 3.05) is 26.4 Å². The van der Waals surface area contributed by atoms with Gasteiger partial charge in [-0.3, -0.25) is 9.69 Å². The Morgan fingerprint density at radius 1 is 1.59 bits per heavy atom. The van der Waals surface area contributed by atoms with Crippen LogP contribution >= 0.6 is 23.4 Å². The lowest BCUT2D eigenvalue weighted by Crippen LogP contribution is -2.36. The number of carbonyl (C=O) groups is 1. The Bertz CT molecular complexity index is 543. The van der Waals surface area contributed by atoms with Gasteiger partial charge in [0.25, 0.3) is 0 Å². The molecule has 0 bridgehead atoms. The number of nitrogens with one attached hydrogen (secondary N) is 1. The number of thioether (sulfide) groups is 1. The van der Waals surface area contributed by atoms with Crippen molar-refractivity contribution < 1.29 is 9.18 Å². The molecule has 1 saturated heterocycles. The van der Waals surface area contributed by atoms with Crippen molar-refractivity contribution in [2.24, 2.45) is 5.92 Å². The molecule has 0 unspecified atom stereocenters. The van der Waals surface area contributed by atoms with Crippen molar-refractivity contribution in [3.05, 3.63) is 34.6 Å². The monoisotopic (exact) mass is 344 g/mol. The molecule has 0 aliphatic carbocycles. The first-order chi connectivity index (χ1) is 10.4. The Hall–Kier alpha value is -0.780. The van der Waals surface area contributed by atoms with Crippen LogP contribution in [0, 0.1) is 11.7 Å². The second-order valence-electron chi connectivity index (χ2n) is 5.77. The molecule has 0 saturated carbocycles. The third-order valence-electron chi connectivity index (χ3n) is 4.32. The summed E-state index contributed by atoms with van der Waals surface area (Å²) in [6, 6.07) is 5.09. The third kappa shape index (κ3) is 3.94. The van der Waals surface area contributed by atoms with E-state index in [0.717, 1.165) is 18.5 Å². The van der Waals surface area contributed by atoms with Crippen molar-refractivity contribution in [3.8, 4) is 0 Å². The van der Waals surface area contributed by atoms with E-state index in [9.17, 15) is 9.18 Å². The first-order valence-electron chi connectivity index (χ1n) is 7.39. The van der Waals surface area contributed by atoms with E-state index in [2.05, 4.69) is 10.2 Å². The Kier molecular flexibility index (Phi) is 6.12. The second kappa shape index (κ2) is 7.66. The van der Waals surface area contributed by atoms with Crippen LogP contribution in [0.25, 0.3) is 0 Å². The number of benzene rings is 1. The first-order valence-corrected chi connectivity index (χ1v) is 9.06. The van der Waals surface area contributed by atoms with Crippen molar-refractivity contribution in [2.45, 2.75) is 24.6 Å². The molecule has 6 heteroatoms. The van der Waals surface area contributed by atoms with Gasteiger partial charge in [0.1, 0.15) is 5.82 Å². The number of halogens is 2. The number of nitrogens with zero attached hydrogens (tertiary/aromatic N) is 1. The molecule has 1 aliphatic heterocycles. The summed E-state index contributed by atoms with van der Waals surface area (Å²) in [6.07, 6.45) is 2.91. The average molecular weight is 345 g/mol. The van der Waals surface area contributed by atoms with Crippen LogP contribution in [0.1, 0.15) is 24.9 Å². The summed E-state index contributed by atoms with van der Waals surface area (Å²) in [6.45, 7) is 3.45. The average Bonchev–Trinajstić information content (AvgIpc) is 2.87. The Morgan fingerprint density at radius 2 is 2.32 bits per heavy atom. The van der Waals surface area contributed by atoms with Crippen LogP contribution in [0.3, 0.4) is 0 Å². The van der Waals surface area contributed by atoms with Crippen molar-refractivity contribution in [3.63, 3.8) is 0 Å². The van der Waals surface area contributed by atoms with Crippen molar-refractivity contribution in [1.82, 2.24) is 10.2 Å². The minimum Gasteiger partial charge on any atom is -0.355 e. The highest BCUT2D eigenvalue weighted by Gasteiger charge is 2.33. The first kappa shape index (κ1) is 17.6. The Labute approximate surface area is 140 Å². The predicted octanol–water partition coefficient (Wildman–Crippen LogP) is 3.34. The second-order valence-corrected chi connectivity index (χ2v) is 7.36. The summed E-state index contributed by atoms with van der Waals surface area (Å²) >= 11 is 7.30. The number of hydrogen-bond acceptors (Lipinski definition) is 3. The standard InChI is InChI=1S/C16H22ClFN2OS/c1-10(22-3)16(21)19-9-12-6-7-20(2)15(12)11-4-5-13(17)14(18)8-11/h4-5,8,10,12,15H,6-7,9H2,1-3H3,(H,19,21)/t10-,12-,15+/m1/s1. The van der Waals surface area contributed by atoms with E-state index in [0.29, 0.717) is 6.54 Å². The van der Waals surface area contributed by atoms with E-state index in [1.807, 2.05) is 26.3 Å². The molecular formula is C16H22ClFN2OS. The van der Waals surface area contributed by atoms with E-state index >= 15 is 0 Å². The van der Waals surface area contributed by atoms with Gasteiger partial charge < -0.3 is 5.32 Å². The van der Waals surface area contributed by atoms with E-state index in [1.54, 1.807) is 6.07 Å².